The molecule has 0 aromatic carbocycles. The Morgan fingerprint density at radius 2 is 2.05 bits per heavy atom. The predicted octanol–water partition coefficient (Wildman–Crippen LogP) is 3.05. The summed E-state index contributed by atoms with van der Waals surface area (Å²) in [5.41, 5.74) is -0.0577. The van der Waals surface area contributed by atoms with Crippen molar-refractivity contribution in [3.63, 3.8) is 0 Å². The zero-order valence-corrected chi connectivity index (χ0v) is 12.8. The largest absolute Gasteiger partial charge is 0.364 e. The fourth-order valence-electron chi connectivity index (χ4n) is 2.77. The molecule has 1 aliphatic carbocycles. The molecule has 1 aliphatic rings. The molecule has 0 spiro atoms. The maximum absolute atomic E-state index is 11.4. The van der Waals surface area contributed by atoms with E-state index in [0.29, 0.717) is 24.2 Å². The van der Waals surface area contributed by atoms with Gasteiger partial charge in [0.1, 0.15) is 6.33 Å². The van der Waals surface area contributed by atoms with Crippen molar-refractivity contribution in [3.05, 3.63) is 16.4 Å². The zero-order valence-electron chi connectivity index (χ0n) is 12.8. The van der Waals surface area contributed by atoms with Crippen LogP contribution >= 0.6 is 0 Å². The van der Waals surface area contributed by atoms with Crippen LogP contribution < -0.4 is 10.6 Å². The van der Waals surface area contributed by atoms with Gasteiger partial charge in [0.05, 0.1) is 4.92 Å². The van der Waals surface area contributed by atoms with E-state index in [2.05, 4.69) is 34.4 Å². The van der Waals surface area contributed by atoms with E-state index in [9.17, 15) is 10.1 Å². The lowest BCUT2D eigenvalue weighted by Crippen LogP contribution is -2.25. The van der Waals surface area contributed by atoms with Gasteiger partial charge in [-0.1, -0.05) is 20.8 Å². The number of hydrogen-bond donors (Lipinski definition) is 2. The molecule has 1 saturated carbocycles. The van der Waals surface area contributed by atoms with Crippen LogP contribution in [0.1, 0.15) is 40.0 Å². The van der Waals surface area contributed by atoms with Crippen molar-refractivity contribution in [1.82, 2.24) is 9.97 Å². The van der Waals surface area contributed by atoms with Crippen LogP contribution in [0.2, 0.25) is 0 Å². The molecule has 21 heavy (non-hydrogen) atoms. The van der Waals surface area contributed by atoms with E-state index < -0.39 is 4.92 Å². The second-order valence-corrected chi connectivity index (χ2v) is 5.77. The SMILES string of the molecule is CCCNc1ncnc(NC2CCC(C)C2C)c1[N+](=O)[O-]. The molecule has 1 fully saturated rings. The number of rotatable bonds is 6. The monoisotopic (exact) mass is 293 g/mol. The third-order valence-corrected chi connectivity index (χ3v) is 4.33. The van der Waals surface area contributed by atoms with E-state index in [1.54, 1.807) is 0 Å². The number of nitrogens with zero attached hydrogens (tertiary/aromatic N) is 3. The molecular formula is C14H23N5O2. The number of nitro groups is 1. The standard InChI is InChI=1S/C14H23N5O2/c1-4-7-15-13-12(19(20)21)14(17-8-16-13)18-11-6-5-9(2)10(11)3/h8-11H,4-7H2,1-3H3,(H2,15,16,17,18). The molecule has 7 nitrogen and oxygen atoms in total. The molecule has 1 heterocycles. The van der Waals surface area contributed by atoms with Crippen LogP contribution in [0.4, 0.5) is 17.3 Å². The van der Waals surface area contributed by atoms with Crippen molar-refractivity contribution in [3.8, 4) is 0 Å². The minimum Gasteiger partial charge on any atom is -0.364 e. The molecule has 0 aliphatic heterocycles. The quantitative estimate of drug-likeness (QED) is 0.618. The summed E-state index contributed by atoms with van der Waals surface area (Å²) in [6.07, 6.45) is 4.40. The first-order valence-corrected chi connectivity index (χ1v) is 7.54. The second-order valence-electron chi connectivity index (χ2n) is 5.77. The van der Waals surface area contributed by atoms with Crippen molar-refractivity contribution < 1.29 is 4.92 Å². The third-order valence-electron chi connectivity index (χ3n) is 4.33. The highest BCUT2D eigenvalue weighted by Crippen LogP contribution is 2.36. The summed E-state index contributed by atoms with van der Waals surface area (Å²) in [5, 5.41) is 17.6. The fraction of sp³-hybridized carbons (Fsp3) is 0.714. The van der Waals surface area contributed by atoms with Gasteiger partial charge in [0.25, 0.3) is 0 Å². The first-order chi connectivity index (χ1) is 10.0. The molecule has 3 unspecified atom stereocenters. The normalized spacial score (nSPS) is 24.8. The molecule has 0 amide bonds. The van der Waals surface area contributed by atoms with Crippen LogP contribution in [0.15, 0.2) is 6.33 Å². The van der Waals surface area contributed by atoms with Gasteiger partial charge in [-0.25, -0.2) is 9.97 Å². The highest BCUT2D eigenvalue weighted by atomic mass is 16.6. The molecule has 2 N–H and O–H groups in total. The Hall–Kier alpha value is -1.92. The molecule has 116 valence electrons. The first-order valence-electron chi connectivity index (χ1n) is 7.54. The van der Waals surface area contributed by atoms with Crippen LogP contribution in [-0.2, 0) is 0 Å². The van der Waals surface area contributed by atoms with E-state index in [1.165, 1.54) is 6.33 Å². The predicted molar refractivity (Wildman–Crippen MR) is 82.4 cm³/mol. The van der Waals surface area contributed by atoms with Gasteiger partial charge >= 0.3 is 5.69 Å². The van der Waals surface area contributed by atoms with Crippen LogP contribution in [-0.4, -0.2) is 27.5 Å². The van der Waals surface area contributed by atoms with Gasteiger partial charge in [-0.15, -0.1) is 0 Å². The Labute approximate surface area is 124 Å². The zero-order chi connectivity index (χ0) is 15.4. The molecule has 1 aromatic heterocycles. The van der Waals surface area contributed by atoms with Crippen LogP contribution in [0.5, 0.6) is 0 Å². The van der Waals surface area contributed by atoms with Crippen LogP contribution in [0, 0.1) is 22.0 Å². The lowest BCUT2D eigenvalue weighted by molar-refractivity contribution is -0.383. The number of anilines is 2. The molecular weight excluding hydrogens is 270 g/mol. The third kappa shape index (κ3) is 3.40. The average Bonchev–Trinajstić information content (AvgIpc) is 2.77. The smallest absolute Gasteiger partial charge is 0.353 e. The van der Waals surface area contributed by atoms with Gasteiger partial charge in [-0.2, -0.15) is 0 Å². The number of nitrogens with one attached hydrogen (secondary N) is 2. The topological polar surface area (TPSA) is 93.0 Å². The van der Waals surface area contributed by atoms with Gasteiger partial charge in [0.15, 0.2) is 0 Å². The molecule has 3 atom stereocenters. The van der Waals surface area contributed by atoms with Gasteiger partial charge in [-0.3, -0.25) is 10.1 Å². The van der Waals surface area contributed by atoms with Crippen molar-refractivity contribution >= 4 is 17.3 Å². The average molecular weight is 293 g/mol. The fourth-order valence-corrected chi connectivity index (χ4v) is 2.77. The van der Waals surface area contributed by atoms with Crippen molar-refractivity contribution in [1.29, 1.82) is 0 Å². The Morgan fingerprint density at radius 3 is 2.62 bits per heavy atom. The Bertz CT molecular complexity index is 508. The summed E-state index contributed by atoms with van der Waals surface area (Å²) >= 11 is 0. The van der Waals surface area contributed by atoms with Gasteiger partial charge in [0.2, 0.25) is 11.6 Å². The summed E-state index contributed by atoms with van der Waals surface area (Å²) in [5.74, 6) is 1.71. The van der Waals surface area contributed by atoms with E-state index >= 15 is 0 Å². The molecule has 1 aromatic rings. The van der Waals surface area contributed by atoms with Gasteiger partial charge in [0, 0.05) is 12.6 Å². The molecule has 2 rings (SSSR count). The molecule has 0 bridgehead atoms. The Morgan fingerprint density at radius 1 is 1.33 bits per heavy atom. The van der Waals surface area contributed by atoms with E-state index in [-0.39, 0.29) is 17.5 Å². The number of aromatic nitrogens is 2. The second kappa shape index (κ2) is 6.69. The van der Waals surface area contributed by atoms with Crippen molar-refractivity contribution in [2.45, 2.75) is 46.1 Å². The summed E-state index contributed by atoms with van der Waals surface area (Å²) in [6, 6.07) is 0.229. The highest BCUT2D eigenvalue weighted by Gasteiger charge is 2.32. The minimum absolute atomic E-state index is 0.0577. The Balaban J connectivity index is 2.24. The molecule has 0 saturated heterocycles. The summed E-state index contributed by atoms with van der Waals surface area (Å²) < 4.78 is 0. The summed E-state index contributed by atoms with van der Waals surface area (Å²) in [6.45, 7) is 7.04. The number of hydrogen-bond acceptors (Lipinski definition) is 6. The van der Waals surface area contributed by atoms with Crippen molar-refractivity contribution in [2.24, 2.45) is 11.8 Å². The molecule has 0 radical (unpaired) electrons. The van der Waals surface area contributed by atoms with E-state index in [1.807, 2.05) is 6.92 Å². The van der Waals surface area contributed by atoms with Gasteiger partial charge in [-0.05, 0) is 31.1 Å². The van der Waals surface area contributed by atoms with Gasteiger partial charge < -0.3 is 10.6 Å². The lowest BCUT2D eigenvalue weighted by atomic mass is 9.98. The van der Waals surface area contributed by atoms with E-state index in [4.69, 9.17) is 0 Å². The van der Waals surface area contributed by atoms with Crippen LogP contribution in [0.25, 0.3) is 0 Å². The van der Waals surface area contributed by atoms with Crippen molar-refractivity contribution in [2.75, 3.05) is 17.2 Å². The lowest BCUT2D eigenvalue weighted by Gasteiger charge is -2.20. The minimum atomic E-state index is -0.413. The Kier molecular flexibility index (Phi) is 4.93. The highest BCUT2D eigenvalue weighted by molar-refractivity contribution is 5.69. The maximum atomic E-state index is 11.4. The maximum Gasteiger partial charge on any atom is 0.353 e. The summed E-state index contributed by atoms with van der Waals surface area (Å²) in [7, 11) is 0. The summed E-state index contributed by atoms with van der Waals surface area (Å²) in [4.78, 5) is 19.0. The first kappa shape index (κ1) is 15.5. The molecule has 7 heteroatoms. The van der Waals surface area contributed by atoms with E-state index in [0.717, 1.165) is 19.3 Å². The van der Waals surface area contributed by atoms with Crippen LogP contribution in [0.3, 0.4) is 0 Å².